The number of ether oxygens (including phenoxy) is 4. The smallest absolute Gasteiger partial charge is 0.493 e. The summed E-state index contributed by atoms with van der Waals surface area (Å²) < 4.78 is 83.7. The van der Waals surface area contributed by atoms with Crippen LogP contribution in [-0.2, 0) is 10.0 Å². The molecule has 30 heavy (non-hydrogen) atoms. The van der Waals surface area contributed by atoms with Gasteiger partial charge in [-0.2, -0.15) is 0 Å². The molecule has 2 aromatic carbocycles. The largest absolute Gasteiger partial charge is 0.573 e. The highest BCUT2D eigenvalue weighted by molar-refractivity contribution is 7.92. The zero-order valence-electron chi connectivity index (χ0n) is 15.7. The first-order valence-electron chi connectivity index (χ1n) is 7.88. The van der Waals surface area contributed by atoms with Crippen molar-refractivity contribution in [3.63, 3.8) is 0 Å². The first-order chi connectivity index (χ1) is 13.9. The highest BCUT2D eigenvalue weighted by Crippen LogP contribution is 2.46. The van der Waals surface area contributed by atoms with Crippen molar-refractivity contribution in [2.75, 3.05) is 26.1 Å². The van der Waals surface area contributed by atoms with E-state index in [1.54, 1.807) is 0 Å². The fourth-order valence-corrected chi connectivity index (χ4v) is 3.58. The summed E-state index contributed by atoms with van der Waals surface area (Å²) in [6.07, 6.45) is -5.03. The van der Waals surface area contributed by atoms with E-state index in [1.165, 1.54) is 14.2 Å². The number of anilines is 1. The van der Waals surface area contributed by atoms with Crippen molar-refractivity contribution in [2.24, 2.45) is 0 Å². The van der Waals surface area contributed by atoms with Crippen molar-refractivity contribution < 1.29 is 50.4 Å². The summed E-state index contributed by atoms with van der Waals surface area (Å²) in [5, 5.41) is 9.48. The molecule has 2 rings (SSSR count). The van der Waals surface area contributed by atoms with E-state index in [9.17, 15) is 31.5 Å². The number of sulfonamides is 1. The summed E-state index contributed by atoms with van der Waals surface area (Å²) in [7, 11) is -0.970. The number of alkyl halides is 3. The Hall–Kier alpha value is -3.35. The van der Waals surface area contributed by atoms with Gasteiger partial charge >= 0.3 is 12.3 Å². The molecule has 0 atom stereocenters. The van der Waals surface area contributed by atoms with Gasteiger partial charge in [0.05, 0.1) is 31.8 Å². The lowest BCUT2D eigenvalue weighted by Gasteiger charge is -2.19. The molecule has 0 radical (unpaired) electrons. The second-order valence-corrected chi connectivity index (χ2v) is 7.18. The zero-order chi connectivity index (χ0) is 22.7. The molecular formula is C17H16F3NO8S. The molecule has 0 spiro atoms. The number of nitrogens with one attached hydrogen (secondary N) is 1. The van der Waals surface area contributed by atoms with E-state index in [-0.39, 0.29) is 17.2 Å². The van der Waals surface area contributed by atoms with E-state index >= 15 is 0 Å². The van der Waals surface area contributed by atoms with E-state index in [1.807, 2.05) is 4.72 Å². The Morgan fingerprint density at radius 2 is 1.67 bits per heavy atom. The number of carboxylic acids is 1. The molecular weight excluding hydrogens is 435 g/mol. The molecule has 0 heterocycles. The molecule has 0 saturated carbocycles. The summed E-state index contributed by atoms with van der Waals surface area (Å²) in [6.45, 7) is 0. The van der Waals surface area contributed by atoms with Crippen LogP contribution in [0.15, 0.2) is 35.2 Å². The van der Waals surface area contributed by atoms with Gasteiger partial charge < -0.3 is 24.1 Å². The first kappa shape index (κ1) is 22.9. The summed E-state index contributed by atoms with van der Waals surface area (Å²) in [5.74, 6) is -2.75. The molecule has 9 nitrogen and oxygen atoms in total. The number of carboxylic acid groups (broad SMARTS) is 1. The van der Waals surface area contributed by atoms with Gasteiger partial charge in [0.2, 0.25) is 5.75 Å². The average Bonchev–Trinajstić information content (AvgIpc) is 2.65. The van der Waals surface area contributed by atoms with E-state index in [0.29, 0.717) is 6.07 Å². The third-order valence-corrected chi connectivity index (χ3v) is 4.99. The molecule has 0 bridgehead atoms. The lowest BCUT2D eigenvalue weighted by Crippen LogP contribution is -2.19. The van der Waals surface area contributed by atoms with Gasteiger partial charge in [-0.25, -0.2) is 13.2 Å². The van der Waals surface area contributed by atoms with E-state index < -0.39 is 44.3 Å². The Kier molecular flexibility index (Phi) is 6.55. The average molecular weight is 451 g/mol. The van der Waals surface area contributed by atoms with E-state index in [0.717, 1.165) is 31.4 Å². The Bertz CT molecular complexity index is 1050. The van der Waals surface area contributed by atoms with Crippen LogP contribution in [0.1, 0.15) is 10.4 Å². The van der Waals surface area contributed by atoms with Crippen LogP contribution in [0.5, 0.6) is 23.0 Å². The Labute approximate surface area is 169 Å². The molecule has 0 amide bonds. The maximum absolute atomic E-state index is 12.7. The van der Waals surface area contributed by atoms with Crippen molar-refractivity contribution in [3.05, 3.63) is 35.9 Å². The SMILES string of the molecule is COc1cc(C(=O)O)c(NS(=O)(=O)c2cccc(OC(F)(F)F)c2)c(OC)c1OC. The summed E-state index contributed by atoms with van der Waals surface area (Å²) in [5.41, 5.74) is -1.06. The summed E-state index contributed by atoms with van der Waals surface area (Å²) in [4.78, 5) is 11.0. The molecule has 2 aromatic rings. The van der Waals surface area contributed by atoms with Crippen molar-refractivity contribution in [2.45, 2.75) is 11.3 Å². The van der Waals surface area contributed by atoms with Crippen molar-refractivity contribution in [3.8, 4) is 23.0 Å². The van der Waals surface area contributed by atoms with Crippen LogP contribution >= 0.6 is 0 Å². The number of carbonyl (C=O) groups is 1. The van der Waals surface area contributed by atoms with Crippen LogP contribution in [-0.4, -0.2) is 47.2 Å². The predicted molar refractivity (Wildman–Crippen MR) is 97.0 cm³/mol. The van der Waals surface area contributed by atoms with Gasteiger partial charge in [-0.3, -0.25) is 4.72 Å². The third-order valence-electron chi connectivity index (χ3n) is 3.65. The molecule has 0 fully saturated rings. The van der Waals surface area contributed by atoms with Crippen LogP contribution < -0.4 is 23.7 Å². The molecule has 0 aliphatic carbocycles. The van der Waals surface area contributed by atoms with Crippen LogP contribution in [0.3, 0.4) is 0 Å². The minimum atomic E-state index is -5.03. The van der Waals surface area contributed by atoms with E-state index in [4.69, 9.17) is 14.2 Å². The first-order valence-corrected chi connectivity index (χ1v) is 9.36. The number of hydrogen-bond acceptors (Lipinski definition) is 7. The zero-order valence-corrected chi connectivity index (χ0v) is 16.6. The Morgan fingerprint density at radius 1 is 1.03 bits per heavy atom. The van der Waals surface area contributed by atoms with Crippen molar-refractivity contribution >= 4 is 21.7 Å². The molecule has 164 valence electrons. The topological polar surface area (TPSA) is 120 Å². The minimum Gasteiger partial charge on any atom is -0.493 e. The van der Waals surface area contributed by atoms with Gasteiger partial charge in [-0.05, 0) is 12.1 Å². The normalized spacial score (nSPS) is 11.5. The van der Waals surface area contributed by atoms with Crippen LogP contribution in [0.4, 0.5) is 18.9 Å². The Morgan fingerprint density at radius 3 is 2.17 bits per heavy atom. The van der Waals surface area contributed by atoms with Crippen LogP contribution in [0.25, 0.3) is 0 Å². The van der Waals surface area contributed by atoms with E-state index in [2.05, 4.69) is 4.74 Å². The maximum Gasteiger partial charge on any atom is 0.573 e. The lowest BCUT2D eigenvalue weighted by molar-refractivity contribution is -0.274. The second-order valence-electron chi connectivity index (χ2n) is 5.50. The van der Waals surface area contributed by atoms with Crippen molar-refractivity contribution in [1.29, 1.82) is 0 Å². The quantitative estimate of drug-likeness (QED) is 0.628. The maximum atomic E-state index is 12.7. The predicted octanol–water partition coefficient (Wildman–Crippen LogP) is 3.11. The minimum absolute atomic E-state index is 0.0460. The van der Waals surface area contributed by atoms with Crippen molar-refractivity contribution in [1.82, 2.24) is 0 Å². The molecule has 0 aliphatic heterocycles. The lowest BCUT2D eigenvalue weighted by atomic mass is 10.1. The number of benzene rings is 2. The summed E-state index contributed by atoms with van der Waals surface area (Å²) in [6, 6.07) is 4.57. The number of aromatic carboxylic acids is 1. The highest BCUT2D eigenvalue weighted by Gasteiger charge is 2.32. The summed E-state index contributed by atoms with van der Waals surface area (Å²) >= 11 is 0. The molecule has 13 heteroatoms. The number of hydrogen-bond donors (Lipinski definition) is 2. The van der Waals surface area contributed by atoms with Gasteiger partial charge in [0.15, 0.2) is 11.5 Å². The van der Waals surface area contributed by atoms with Gasteiger partial charge in [0.25, 0.3) is 10.0 Å². The molecule has 0 aliphatic rings. The molecule has 2 N–H and O–H groups in total. The van der Waals surface area contributed by atoms with Gasteiger partial charge in [-0.1, -0.05) is 6.07 Å². The fraction of sp³-hybridized carbons (Fsp3) is 0.235. The molecule has 0 aromatic heterocycles. The monoisotopic (exact) mass is 451 g/mol. The Balaban J connectivity index is 2.61. The molecule has 0 unspecified atom stereocenters. The number of methoxy groups -OCH3 is 3. The standard InChI is InChI=1S/C17H16F3NO8S/c1-26-12-8-11(16(22)23)13(15(28-3)14(12)27-2)21-30(24,25)10-6-4-5-9(7-10)29-17(18,19)20/h4-8,21H,1-3H3,(H,22,23). The van der Waals surface area contributed by atoms with Crippen LogP contribution in [0, 0.1) is 0 Å². The third kappa shape index (κ3) is 4.97. The fourth-order valence-electron chi connectivity index (χ4n) is 2.46. The van der Waals surface area contributed by atoms with Crippen LogP contribution in [0.2, 0.25) is 0 Å². The molecule has 0 saturated heterocycles. The second kappa shape index (κ2) is 8.57. The highest BCUT2D eigenvalue weighted by atomic mass is 32.2. The number of halogens is 3. The van der Waals surface area contributed by atoms with Gasteiger partial charge in [0, 0.05) is 12.1 Å². The van der Waals surface area contributed by atoms with Gasteiger partial charge in [-0.15, -0.1) is 13.2 Å². The van der Waals surface area contributed by atoms with Gasteiger partial charge in [0.1, 0.15) is 11.4 Å². The number of rotatable bonds is 8.